The molecule has 3 aromatic rings. The Kier molecular flexibility index (Phi) is 6.64. The molecule has 1 aliphatic rings. The molecule has 1 N–H and O–H groups in total. The lowest BCUT2D eigenvalue weighted by Gasteiger charge is -2.38. The highest BCUT2D eigenvalue weighted by atomic mass is 35.5. The lowest BCUT2D eigenvalue weighted by molar-refractivity contribution is 0.390. The Morgan fingerprint density at radius 2 is 1.68 bits per heavy atom. The maximum atomic E-state index is 6.24. The summed E-state index contributed by atoms with van der Waals surface area (Å²) in [6, 6.07) is 21.8. The van der Waals surface area contributed by atoms with Gasteiger partial charge < -0.3 is 19.9 Å². The zero-order valence-electron chi connectivity index (χ0n) is 17.8. The number of hydrogen-bond acceptors (Lipinski definition) is 3. The molecule has 0 saturated carbocycles. The van der Waals surface area contributed by atoms with E-state index in [1.807, 2.05) is 48.5 Å². The zero-order valence-corrected chi connectivity index (χ0v) is 19.3. The minimum absolute atomic E-state index is 0.630. The Labute approximate surface area is 194 Å². The fourth-order valence-corrected chi connectivity index (χ4v) is 4.17. The van der Waals surface area contributed by atoms with Gasteiger partial charge in [0.15, 0.2) is 10.9 Å². The van der Waals surface area contributed by atoms with Crippen LogP contribution in [0, 0.1) is 13.8 Å². The molecule has 0 bridgehead atoms. The molecule has 0 aromatic heterocycles. The monoisotopic (exact) mass is 451 g/mol. The van der Waals surface area contributed by atoms with Crippen molar-refractivity contribution >= 4 is 40.3 Å². The van der Waals surface area contributed by atoms with Crippen molar-refractivity contribution in [1.29, 1.82) is 0 Å². The third-order valence-corrected chi connectivity index (χ3v) is 6.02. The van der Waals surface area contributed by atoms with E-state index in [-0.39, 0.29) is 0 Å². The maximum absolute atomic E-state index is 6.24. The first kappa shape index (κ1) is 21.5. The lowest BCUT2D eigenvalue weighted by atomic mass is 10.1. The van der Waals surface area contributed by atoms with Crippen LogP contribution in [-0.2, 0) is 0 Å². The molecule has 4 rings (SSSR count). The molecule has 1 saturated heterocycles. The van der Waals surface area contributed by atoms with Crippen LogP contribution in [0.1, 0.15) is 11.1 Å². The van der Waals surface area contributed by atoms with Gasteiger partial charge in [-0.05, 0) is 73.6 Å². The topological polar surface area (TPSA) is 27.7 Å². The number of thiocarbonyl (C=S) groups is 1. The van der Waals surface area contributed by atoms with Gasteiger partial charge >= 0.3 is 0 Å². The van der Waals surface area contributed by atoms with Crippen LogP contribution >= 0.6 is 23.8 Å². The van der Waals surface area contributed by atoms with Gasteiger partial charge in [0.25, 0.3) is 0 Å². The summed E-state index contributed by atoms with van der Waals surface area (Å²) in [6.07, 6.45) is 0. The largest absolute Gasteiger partial charge is 0.455 e. The number of aryl methyl sites for hydroxylation is 2. The minimum Gasteiger partial charge on any atom is -0.455 e. The van der Waals surface area contributed by atoms with Gasteiger partial charge in [0.05, 0.1) is 5.69 Å². The van der Waals surface area contributed by atoms with Crippen molar-refractivity contribution in [3.8, 4) is 11.5 Å². The normalized spacial score (nSPS) is 13.8. The molecule has 1 heterocycles. The first-order valence-corrected chi connectivity index (χ1v) is 11.2. The molecule has 1 fully saturated rings. The number of hydrogen-bond donors (Lipinski definition) is 1. The van der Waals surface area contributed by atoms with E-state index in [0.29, 0.717) is 15.9 Å². The summed E-state index contributed by atoms with van der Waals surface area (Å²) >= 11 is 12.0. The van der Waals surface area contributed by atoms with Crippen molar-refractivity contribution in [2.45, 2.75) is 13.8 Å². The maximum Gasteiger partial charge on any atom is 0.173 e. The van der Waals surface area contributed by atoms with Crippen LogP contribution in [0.4, 0.5) is 11.4 Å². The van der Waals surface area contributed by atoms with Crippen molar-refractivity contribution in [3.05, 3.63) is 82.9 Å². The lowest BCUT2D eigenvalue weighted by Crippen LogP contribution is -2.50. The van der Waals surface area contributed by atoms with E-state index in [1.54, 1.807) is 0 Å². The molecule has 3 aromatic carbocycles. The Hall–Kier alpha value is -2.76. The smallest absolute Gasteiger partial charge is 0.173 e. The fourth-order valence-electron chi connectivity index (χ4n) is 3.71. The molecular formula is C25H26ClN3OS. The van der Waals surface area contributed by atoms with Crippen LogP contribution in [0.2, 0.25) is 5.02 Å². The van der Waals surface area contributed by atoms with Gasteiger partial charge in [-0.1, -0.05) is 41.9 Å². The van der Waals surface area contributed by atoms with Crippen molar-refractivity contribution in [3.63, 3.8) is 0 Å². The summed E-state index contributed by atoms with van der Waals surface area (Å²) in [5.41, 5.74) is 4.67. The van der Waals surface area contributed by atoms with Crippen LogP contribution < -0.4 is 15.0 Å². The van der Waals surface area contributed by atoms with Crippen LogP contribution in [0.3, 0.4) is 0 Å². The summed E-state index contributed by atoms with van der Waals surface area (Å²) in [5, 5.41) is 4.66. The van der Waals surface area contributed by atoms with Crippen LogP contribution in [-0.4, -0.2) is 36.2 Å². The van der Waals surface area contributed by atoms with E-state index in [4.69, 9.17) is 28.6 Å². The van der Waals surface area contributed by atoms with Gasteiger partial charge in [0, 0.05) is 36.9 Å². The molecule has 160 valence electrons. The highest BCUT2D eigenvalue weighted by Gasteiger charge is 2.21. The highest BCUT2D eigenvalue weighted by Crippen LogP contribution is 2.32. The second-order valence-electron chi connectivity index (χ2n) is 7.75. The number of nitrogens with zero attached hydrogens (tertiary/aromatic N) is 2. The number of piperazine rings is 1. The molecule has 0 atom stereocenters. The second-order valence-corrected chi connectivity index (χ2v) is 8.57. The molecule has 0 unspecified atom stereocenters. The number of para-hydroxylation sites is 1. The quantitative estimate of drug-likeness (QED) is 0.472. The van der Waals surface area contributed by atoms with Gasteiger partial charge in [-0.3, -0.25) is 0 Å². The van der Waals surface area contributed by atoms with E-state index >= 15 is 0 Å². The summed E-state index contributed by atoms with van der Waals surface area (Å²) in [4.78, 5) is 4.63. The van der Waals surface area contributed by atoms with Crippen molar-refractivity contribution in [2.24, 2.45) is 0 Å². The summed E-state index contributed by atoms with van der Waals surface area (Å²) in [5.74, 6) is 1.45. The molecule has 4 nitrogen and oxygen atoms in total. The number of benzene rings is 3. The highest BCUT2D eigenvalue weighted by molar-refractivity contribution is 7.80. The number of anilines is 2. The molecule has 0 spiro atoms. The average molecular weight is 452 g/mol. The Morgan fingerprint density at radius 3 is 2.42 bits per heavy atom. The van der Waals surface area contributed by atoms with E-state index in [2.05, 4.69) is 47.2 Å². The number of nitrogens with one attached hydrogen (secondary N) is 1. The molecule has 0 amide bonds. The van der Waals surface area contributed by atoms with E-state index < -0.39 is 0 Å². The predicted octanol–water partition coefficient (Wildman–Crippen LogP) is 6.27. The molecular weight excluding hydrogens is 426 g/mol. The van der Waals surface area contributed by atoms with Crippen molar-refractivity contribution in [1.82, 2.24) is 4.90 Å². The van der Waals surface area contributed by atoms with Gasteiger partial charge in [-0.2, -0.15) is 0 Å². The van der Waals surface area contributed by atoms with Gasteiger partial charge in [-0.25, -0.2) is 0 Å². The molecule has 31 heavy (non-hydrogen) atoms. The zero-order chi connectivity index (χ0) is 21.8. The Bertz CT molecular complexity index is 1070. The molecule has 0 radical (unpaired) electrons. The van der Waals surface area contributed by atoms with E-state index in [9.17, 15) is 0 Å². The molecule has 0 aliphatic carbocycles. The van der Waals surface area contributed by atoms with Gasteiger partial charge in [0.2, 0.25) is 0 Å². The summed E-state index contributed by atoms with van der Waals surface area (Å²) < 4.78 is 6.04. The number of rotatable bonds is 4. The Balaban J connectivity index is 1.42. The van der Waals surface area contributed by atoms with Gasteiger partial charge in [-0.15, -0.1) is 0 Å². The first-order chi connectivity index (χ1) is 15.0. The van der Waals surface area contributed by atoms with Crippen molar-refractivity contribution in [2.75, 3.05) is 36.4 Å². The van der Waals surface area contributed by atoms with Gasteiger partial charge in [0.1, 0.15) is 5.75 Å². The van der Waals surface area contributed by atoms with E-state index in [1.165, 1.54) is 16.8 Å². The van der Waals surface area contributed by atoms with Crippen LogP contribution in [0.5, 0.6) is 11.5 Å². The van der Waals surface area contributed by atoms with Crippen molar-refractivity contribution < 1.29 is 4.74 Å². The summed E-state index contributed by atoms with van der Waals surface area (Å²) in [7, 11) is 0. The van der Waals surface area contributed by atoms with Crippen LogP contribution in [0.15, 0.2) is 66.7 Å². The SMILES string of the molecule is Cc1ccc(C)c(N2CCN(C(=S)Nc3cc(Cl)ccc3Oc3ccccc3)CC2)c1. The third kappa shape index (κ3) is 5.30. The predicted molar refractivity (Wildman–Crippen MR) is 134 cm³/mol. The average Bonchev–Trinajstić information content (AvgIpc) is 2.78. The fraction of sp³-hybridized carbons (Fsp3) is 0.240. The molecule has 1 aliphatic heterocycles. The first-order valence-electron chi connectivity index (χ1n) is 10.4. The summed E-state index contributed by atoms with van der Waals surface area (Å²) in [6.45, 7) is 7.87. The standard InChI is InChI=1S/C25H26ClN3OS/c1-18-8-9-19(2)23(16-18)28-12-14-29(15-13-28)25(31)27-22-17-20(26)10-11-24(22)30-21-6-4-3-5-7-21/h3-11,16-17H,12-15H2,1-2H3,(H,27,31). The van der Waals surface area contributed by atoms with E-state index in [0.717, 1.165) is 37.6 Å². The minimum atomic E-state index is 0.630. The van der Waals surface area contributed by atoms with Crippen LogP contribution in [0.25, 0.3) is 0 Å². The second kappa shape index (κ2) is 9.58. The third-order valence-electron chi connectivity index (χ3n) is 5.43. The Morgan fingerprint density at radius 1 is 0.935 bits per heavy atom. The molecule has 6 heteroatoms. The number of halogens is 1. The number of ether oxygens (including phenoxy) is 1.